The summed E-state index contributed by atoms with van der Waals surface area (Å²) in [5.41, 5.74) is 2.76. The number of nitrogens with zero attached hydrogens (tertiary/aromatic N) is 2. The van der Waals surface area contributed by atoms with Crippen LogP contribution < -0.4 is 20.9 Å². The van der Waals surface area contributed by atoms with Crippen molar-refractivity contribution in [3.8, 4) is 0 Å². The van der Waals surface area contributed by atoms with Gasteiger partial charge in [-0.25, -0.2) is 0 Å². The molecule has 1 aliphatic rings. The molecular weight excluding hydrogens is 437 g/mol. The maximum absolute atomic E-state index is 4.70. The van der Waals surface area contributed by atoms with Gasteiger partial charge >= 0.3 is 0 Å². The zero-order valence-electron chi connectivity index (χ0n) is 16.9. The second kappa shape index (κ2) is 11.0. The van der Waals surface area contributed by atoms with Crippen LogP contribution in [0.15, 0.2) is 29.3 Å². The fraction of sp³-hybridized carbons (Fsp3) is 0.650. The molecule has 0 bridgehead atoms. The Hall–Kier alpha value is -1.02. The smallest absolute Gasteiger partial charge is 0.191 e. The lowest BCUT2D eigenvalue weighted by Gasteiger charge is -2.21. The van der Waals surface area contributed by atoms with Crippen molar-refractivity contribution in [2.45, 2.75) is 52.6 Å². The summed E-state index contributed by atoms with van der Waals surface area (Å²) in [6.45, 7) is 15.4. The minimum Gasteiger partial charge on any atom is -0.369 e. The molecule has 1 aromatic carbocycles. The van der Waals surface area contributed by atoms with Crippen LogP contribution in [0.2, 0.25) is 0 Å². The predicted octanol–water partition coefficient (Wildman–Crippen LogP) is 3.13. The summed E-state index contributed by atoms with van der Waals surface area (Å²) in [4.78, 5) is 7.15. The minimum absolute atomic E-state index is 0. The van der Waals surface area contributed by atoms with E-state index in [-0.39, 0.29) is 29.5 Å². The first-order valence-electron chi connectivity index (χ1n) is 9.49. The molecule has 0 spiro atoms. The highest BCUT2D eigenvalue weighted by Gasteiger charge is 2.23. The number of benzene rings is 1. The van der Waals surface area contributed by atoms with Gasteiger partial charge in [0.1, 0.15) is 0 Å². The van der Waals surface area contributed by atoms with Crippen LogP contribution in [-0.4, -0.2) is 50.3 Å². The molecule has 1 atom stereocenters. The SMILES string of the molecule is CCNC(=NCCNC(C)(C)C)NC1CCN(c2ccc(C)cc2)C1.I. The average Bonchev–Trinajstić information content (AvgIpc) is 3.00. The maximum atomic E-state index is 4.70. The van der Waals surface area contributed by atoms with E-state index in [0.29, 0.717) is 6.04 Å². The number of anilines is 1. The Bertz CT molecular complexity index is 550. The van der Waals surface area contributed by atoms with Crippen molar-refractivity contribution >= 4 is 35.6 Å². The Kier molecular flexibility index (Phi) is 9.71. The van der Waals surface area contributed by atoms with Crippen molar-refractivity contribution in [3.05, 3.63) is 29.8 Å². The van der Waals surface area contributed by atoms with E-state index in [1.165, 1.54) is 11.3 Å². The van der Waals surface area contributed by atoms with Crippen molar-refractivity contribution in [1.29, 1.82) is 0 Å². The first-order valence-corrected chi connectivity index (χ1v) is 9.49. The zero-order chi connectivity index (χ0) is 18.3. The maximum Gasteiger partial charge on any atom is 0.191 e. The summed E-state index contributed by atoms with van der Waals surface area (Å²) in [6.07, 6.45) is 1.14. The Balaban J connectivity index is 0.00000338. The summed E-state index contributed by atoms with van der Waals surface area (Å²) >= 11 is 0. The third-order valence-electron chi connectivity index (χ3n) is 4.31. The van der Waals surface area contributed by atoms with Gasteiger partial charge in [0.15, 0.2) is 5.96 Å². The summed E-state index contributed by atoms with van der Waals surface area (Å²) in [5.74, 6) is 0.925. The van der Waals surface area contributed by atoms with Crippen molar-refractivity contribution in [1.82, 2.24) is 16.0 Å². The fourth-order valence-corrected chi connectivity index (χ4v) is 2.98. The normalized spacial score (nSPS) is 17.8. The van der Waals surface area contributed by atoms with Crippen LogP contribution in [0.25, 0.3) is 0 Å². The molecule has 1 fully saturated rings. The van der Waals surface area contributed by atoms with Gasteiger partial charge < -0.3 is 20.9 Å². The summed E-state index contributed by atoms with van der Waals surface area (Å²) in [7, 11) is 0. The zero-order valence-corrected chi connectivity index (χ0v) is 19.3. The van der Waals surface area contributed by atoms with Crippen LogP contribution in [0.3, 0.4) is 0 Å². The largest absolute Gasteiger partial charge is 0.369 e. The number of aryl methyl sites for hydroxylation is 1. The van der Waals surface area contributed by atoms with Gasteiger partial charge in [0.2, 0.25) is 0 Å². The Labute approximate surface area is 176 Å². The Morgan fingerprint density at radius 2 is 1.92 bits per heavy atom. The third kappa shape index (κ3) is 8.12. The van der Waals surface area contributed by atoms with Gasteiger partial charge in [-0.05, 0) is 53.2 Å². The van der Waals surface area contributed by atoms with Crippen molar-refractivity contribution < 1.29 is 0 Å². The second-order valence-electron chi connectivity index (χ2n) is 7.85. The van der Waals surface area contributed by atoms with Gasteiger partial charge in [-0.15, -0.1) is 24.0 Å². The second-order valence-corrected chi connectivity index (χ2v) is 7.85. The molecule has 1 heterocycles. The molecule has 2 rings (SSSR count). The number of aliphatic imine (C=N–C) groups is 1. The van der Waals surface area contributed by atoms with Gasteiger partial charge in [0.05, 0.1) is 6.54 Å². The van der Waals surface area contributed by atoms with Crippen LogP contribution >= 0.6 is 24.0 Å². The molecule has 3 N–H and O–H groups in total. The van der Waals surface area contributed by atoms with Crippen LogP contribution in [0, 0.1) is 6.92 Å². The molecule has 1 saturated heterocycles. The fourth-order valence-electron chi connectivity index (χ4n) is 2.98. The van der Waals surface area contributed by atoms with Gasteiger partial charge in [-0.3, -0.25) is 4.99 Å². The van der Waals surface area contributed by atoms with Gasteiger partial charge in [0, 0.05) is 43.4 Å². The molecule has 148 valence electrons. The van der Waals surface area contributed by atoms with E-state index < -0.39 is 0 Å². The Morgan fingerprint density at radius 3 is 2.54 bits per heavy atom. The van der Waals surface area contributed by atoms with E-state index in [2.05, 4.69) is 79.7 Å². The molecule has 0 saturated carbocycles. The van der Waals surface area contributed by atoms with E-state index in [1.807, 2.05) is 0 Å². The topological polar surface area (TPSA) is 51.7 Å². The highest BCUT2D eigenvalue weighted by Crippen LogP contribution is 2.20. The first-order chi connectivity index (χ1) is 11.9. The number of halogens is 1. The van der Waals surface area contributed by atoms with Crippen molar-refractivity contribution in [3.63, 3.8) is 0 Å². The highest BCUT2D eigenvalue weighted by atomic mass is 127. The molecule has 0 amide bonds. The number of rotatable bonds is 6. The molecule has 6 heteroatoms. The summed E-state index contributed by atoms with van der Waals surface area (Å²) in [6, 6.07) is 9.24. The molecule has 0 aliphatic carbocycles. The van der Waals surface area contributed by atoms with Crippen molar-refractivity contribution in [2.75, 3.05) is 37.6 Å². The van der Waals surface area contributed by atoms with Gasteiger partial charge in [-0.2, -0.15) is 0 Å². The number of hydrogen-bond acceptors (Lipinski definition) is 3. The average molecular weight is 473 g/mol. The number of nitrogens with one attached hydrogen (secondary N) is 3. The van der Waals surface area contributed by atoms with Crippen LogP contribution in [-0.2, 0) is 0 Å². The Morgan fingerprint density at radius 1 is 1.23 bits per heavy atom. The molecule has 0 aromatic heterocycles. The van der Waals surface area contributed by atoms with Crippen LogP contribution in [0.1, 0.15) is 39.7 Å². The van der Waals surface area contributed by atoms with Crippen LogP contribution in [0.4, 0.5) is 5.69 Å². The predicted molar refractivity (Wildman–Crippen MR) is 124 cm³/mol. The highest BCUT2D eigenvalue weighted by molar-refractivity contribution is 14.0. The molecule has 0 radical (unpaired) electrons. The van der Waals surface area contributed by atoms with E-state index in [9.17, 15) is 0 Å². The monoisotopic (exact) mass is 473 g/mol. The van der Waals surface area contributed by atoms with Crippen LogP contribution in [0.5, 0.6) is 0 Å². The summed E-state index contributed by atoms with van der Waals surface area (Å²) < 4.78 is 0. The van der Waals surface area contributed by atoms with Crippen molar-refractivity contribution in [2.24, 2.45) is 4.99 Å². The first kappa shape index (κ1) is 23.0. The lowest BCUT2D eigenvalue weighted by molar-refractivity contribution is 0.432. The lowest BCUT2D eigenvalue weighted by Crippen LogP contribution is -2.45. The van der Waals surface area contributed by atoms with E-state index >= 15 is 0 Å². The molecule has 1 aliphatic heterocycles. The van der Waals surface area contributed by atoms with E-state index in [1.54, 1.807) is 0 Å². The number of guanidine groups is 1. The van der Waals surface area contributed by atoms with Gasteiger partial charge in [0.25, 0.3) is 0 Å². The molecule has 5 nitrogen and oxygen atoms in total. The van der Waals surface area contributed by atoms with Gasteiger partial charge in [-0.1, -0.05) is 17.7 Å². The standard InChI is InChI=1S/C20H35N5.HI/c1-6-21-19(22-12-13-23-20(3,4)5)24-17-11-14-25(15-17)18-9-7-16(2)8-10-18;/h7-10,17,23H,6,11-15H2,1-5H3,(H2,21,22,24);1H. The molecular formula is C20H36IN5. The third-order valence-corrected chi connectivity index (χ3v) is 4.31. The quantitative estimate of drug-likeness (QED) is 0.257. The number of hydrogen-bond donors (Lipinski definition) is 3. The minimum atomic E-state index is 0. The van der Waals surface area contributed by atoms with E-state index in [4.69, 9.17) is 4.99 Å². The lowest BCUT2D eigenvalue weighted by atomic mass is 10.1. The molecule has 1 aromatic rings. The molecule has 26 heavy (non-hydrogen) atoms. The van der Waals surface area contributed by atoms with E-state index in [0.717, 1.165) is 45.1 Å². The molecule has 1 unspecified atom stereocenters. The summed E-state index contributed by atoms with van der Waals surface area (Å²) in [5, 5.41) is 10.4.